The molecule has 8 rings (SSSR count). The summed E-state index contributed by atoms with van der Waals surface area (Å²) in [5.41, 5.74) is 3.36. The van der Waals surface area contributed by atoms with Gasteiger partial charge in [-0.1, -0.05) is 84.6 Å². The first-order chi connectivity index (χ1) is 21.9. The second-order valence-electron chi connectivity index (χ2n) is 10.6. The highest BCUT2D eigenvalue weighted by atomic mass is 32.2. The predicted molar refractivity (Wildman–Crippen MR) is 178 cm³/mol. The fourth-order valence-electron chi connectivity index (χ4n) is 5.91. The summed E-state index contributed by atoms with van der Waals surface area (Å²) < 4.78 is 30.7. The highest BCUT2D eigenvalue weighted by Gasteiger charge is 2.35. The predicted octanol–water partition coefficient (Wildman–Crippen LogP) is 7.20. The second kappa shape index (κ2) is 10.3. The Balaban J connectivity index is 1.49. The summed E-state index contributed by atoms with van der Waals surface area (Å²) in [4.78, 5) is 33.2. The van der Waals surface area contributed by atoms with E-state index in [0.717, 1.165) is 10.6 Å². The molecular formula is C35H22N4O4S2. The lowest BCUT2D eigenvalue weighted by Gasteiger charge is -2.27. The van der Waals surface area contributed by atoms with Gasteiger partial charge in [0.1, 0.15) is 4.90 Å². The van der Waals surface area contributed by atoms with Gasteiger partial charge in [0.15, 0.2) is 11.6 Å². The summed E-state index contributed by atoms with van der Waals surface area (Å²) in [6.07, 6.45) is 0. The van der Waals surface area contributed by atoms with Crippen LogP contribution in [0.1, 0.15) is 21.5 Å². The third kappa shape index (κ3) is 4.45. The number of fused-ring (bicyclic) bond motifs is 3. The molecule has 45 heavy (non-hydrogen) atoms. The fraction of sp³-hybridized carbons (Fsp3) is 0. The summed E-state index contributed by atoms with van der Waals surface area (Å²) in [7, 11) is -4.12. The average Bonchev–Trinajstić information content (AvgIpc) is 3.05. The first-order valence-electron chi connectivity index (χ1n) is 14.1. The molecule has 0 atom stereocenters. The molecule has 0 amide bonds. The van der Waals surface area contributed by atoms with E-state index < -0.39 is 15.6 Å². The maximum absolute atomic E-state index is 14.3. The van der Waals surface area contributed by atoms with E-state index in [1.807, 2.05) is 66.7 Å². The lowest BCUT2D eigenvalue weighted by atomic mass is 9.81. The Hall–Kier alpha value is -5.45. The Kier molecular flexibility index (Phi) is 6.22. The van der Waals surface area contributed by atoms with Crippen molar-refractivity contribution in [2.45, 2.75) is 14.7 Å². The third-order valence-corrected chi connectivity index (χ3v) is 10.2. The van der Waals surface area contributed by atoms with E-state index in [9.17, 15) is 18.0 Å². The molecule has 0 fully saturated rings. The highest BCUT2D eigenvalue weighted by molar-refractivity contribution is 7.99. The van der Waals surface area contributed by atoms with Crippen LogP contribution in [0.2, 0.25) is 0 Å². The van der Waals surface area contributed by atoms with Gasteiger partial charge in [0.05, 0.1) is 28.0 Å². The van der Waals surface area contributed by atoms with E-state index in [-0.39, 0.29) is 22.1 Å². The number of hydrogen-bond donors (Lipinski definition) is 3. The minimum Gasteiger partial charge on any atom is -0.355 e. The Morgan fingerprint density at radius 1 is 0.711 bits per heavy atom. The number of nitrogens with zero attached hydrogens (tertiary/aromatic N) is 1. The van der Waals surface area contributed by atoms with Crippen molar-refractivity contribution in [2.75, 3.05) is 10.6 Å². The maximum Gasteiger partial charge on any atom is 0.286 e. The lowest BCUT2D eigenvalue weighted by molar-refractivity contribution is 0.104. The number of nitrogens with one attached hydrogen (secondary N) is 3. The van der Waals surface area contributed by atoms with Crippen molar-refractivity contribution in [1.29, 1.82) is 0 Å². The monoisotopic (exact) mass is 626 g/mol. The fourth-order valence-corrected chi connectivity index (χ4v) is 8.01. The van der Waals surface area contributed by atoms with E-state index in [0.29, 0.717) is 49.4 Å². The smallest absolute Gasteiger partial charge is 0.286 e. The highest BCUT2D eigenvalue weighted by Crippen LogP contribution is 2.47. The molecule has 0 radical (unpaired) electrons. The molecule has 218 valence electrons. The topological polar surface area (TPSA) is 120 Å². The number of sulfonamides is 1. The Morgan fingerprint density at radius 3 is 2.16 bits per heavy atom. The summed E-state index contributed by atoms with van der Waals surface area (Å²) >= 11 is 1.45. The van der Waals surface area contributed by atoms with Gasteiger partial charge in [0.2, 0.25) is 0 Å². The molecule has 1 aliphatic heterocycles. The second-order valence-corrected chi connectivity index (χ2v) is 13.3. The van der Waals surface area contributed by atoms with Crippen LogP contribution in [0.25, 0.3) is 22.0 Å². The zero-order chi connectivity index (χ0) is 30.7. The standard InChI is InChI=1S/C35H22N4O4S2/c40-33-23-16-8-7-15-22(23)28-30-29(33)25(36-20-11-3-1-4-12-20)19-26(44-21-13-5-2-6-14-21)32(30)38-35(41)31(28)34-37-24-17-9-10-18-27(24)45(42,43)39-34/h1-19,36H,(H,37,39)(H,38,41). The van der Waals surface area contributed by atoms with Crippen LogP contribution >= 0.6 is 11.8 Å². The summed E-state index contributed by atoms with van der Waals surface area (Å²) in [6, 6.07) is 34.6. The summed E-state index contributed by atoms with van der Waals surface area (Å²) in [5, 5.41) is 7.03. The number of amidine groups is 1. The molecule has 10 heteroatoms. The number of benzene rings is 5. The summed E-state index contributed by atoms with van der Waals surface area (Å²) in [6.45, 7) is 0. The van der Waals surface area contributed by atoms with Crippen molar-refractivity contribution in [3.05, 3.63) is 142 Å². The molecule has 0 saturated carbocycles. The molecule has 2 heterocycles. The van der Waals surface area contributed by atoms with Gasteiger partial charge in [0, 0.05) is 32.0 Å². The summed E-state index contributed by atoms with van der Waals surface area (Å²) in [5.74, 6) is -0.326. The van der Waals surface area contributed by atoms with Gasteiger partial charge in [-0.2, -0.15) is 8.42 Å². The van der Waals surface area contributed by atoms with Crippen LogP contribution < -0.4 is 16.2 Å². The van der Waals surface area contributed by atoms with Crippen LogP contribution in [0, 0.1) is 0 Å². The van der Waals surface area contributed by atoms with Crippen LogP contribution in [-0.4, -0.2) is 25.0 Å². The number of hydrogen-bond acceptors (Lipinski definition) is 7. The largest absolute Gasteiger partial charge is 0.355 e. The molecule has 0 saturated heterocycles. The minimum absolute atomic E-state index is 0.0202. The molecule has 1 aliphatic carbocycles. The minimum atomic E-state index is -4.12. The molecule has 0 bridgehead atoms. The van der Waals surface area contributed by atoms with E-state index in [4.69, 9.17) is 0 Å². The number of aromatic nitrogens is 1. The zero-order valence-electron chi connectivity index (χ0n) is 23.4. The first kappa shape index (κ1) is 27.1. The number of para-hydroxylation sites is 2. The van der Waals surface area contributed by atoms with Crippen molar-refractivity contribution in [1.82, 2.24) is 4.98 Å². The number of ketones is 1. The van der Waals surface area contributed by atoms with Crippen LogP contribution in [0.4, 0.5) is 17.1 Å². The molecule has 5 aromatic carbocycles. The van der Waals surface area contributed by atoms with Gasteiger partial charge < -0.3 is 15.6 Å². The zero-order valence-corrected chi connectivity index (χ0v) is 25.0. The number of anilines is 3. The van der Waals surface area contributed by atoms with E-state index in [2.05, 4.69) is 20.0 Å². The molecule has 2 aliphatic rings. The first-order valence-corrected chi connectivity index (χ1v) is 16.3. The molecule has 8 nitrogen and oxygen atoms in total. The van der Waals surface area contributed by atoms with Gasteiger partial charge >= 0.3 is 0 Å². The van der Waals surface area contributed by atoms with Crippen LogP contribution in [0.15, 0.2) is 139 Å². The Labute approximate surface area is 261 Å². The normalized spacial score (nSPS) is 14.2. The quantitative estimate of drug-likeness (QED) is 0.185. The number of H-pyrrole nitrogens is 1. The van der Waals surface area contributed by atoms with Gasteiger partial charge in [-0.25, -0.2) is 0 Å². The molecule has 0 unspecified atom stereocenters. The van der Waals surface area contributed by atoms with Crippen molar-refractivity contribution >= 4 is 61.4 Å². The number of rotatable bonds is 5. The molecular weight excluding hydrogens is 605 g/mol. The number of pyridine rings is 1. The van der Waals surface area contributed by atoms with Crippen molar-refractivity contribution in [3.63, 3.8) is 0 Å². The Bertz CT molecular complexity index is 2410. The number of carbonyl (C=O) groups is 1. The van der Waals surface area contributed by atoms with Crippen molar-refractivity contribution in [2.24, 2.45) is 4.40 Å². The SMILES string of the molecule is O=C1c2ccccc2-c2c(C3=NS(=O)(=O)c4ccccc4N3)c(=O)[nH]c3c(Sc4ccccc4)cc(Nc4ccccc4)c1c23. The van der Waals surface area contributed by atoms with Crippen LogP contribution in [0.5, 0.6) is 0 Å². The Morgan fingerprint density at radius 2 is 1.38 bits per heavy atom. The molecule has 1 aromatic heterocycles. The van der Waals surface area contributed by atoms with Gasteiger partial charge in [-0.15, -0.1) is 4.40 Å². The number of carbonyl (C=O) groups excluding carboxylic acids is 1. The van der Waals surface area contributed by atoms with Gasteiger partial charge in [-0.3, -0.25) is 9.59 Å². The van der Waals surface area contributed by atoms with Crippen molar-refractivity contribution in [3.8, 4) is 11.1 Å². The molecule has 3 N–H and O–H groups in total. The van der Waals surface area contributed by atoms with E-state index >= 15 is 0 Å². The van der Waals surface area contributed by atoms with E-state index in [1.54, 1.807) is 42.5 Å². The average molecular weight is 627 g/mol. The van der Waals surface area contributed by atoms with Crippen molar-refractivity contribution < 1.29 is 13.2 Å². The van der Waals surface area contributed by atoms with E-state index in [1.165, 1.54) is 17.8 Å². The van der Waals surface area contributed by atoms with Crippen LogP contribution in [-0.2, 0) is 10.0 Å². The van der Waals surface area contributed by atoms with Gasteiger partial charge in [0.25, 0.3) is 15.6 Å². The number of aromatic amines is 1. The lowest BCUT2D eigenvalue weighted by Crippen LogP contribution is -2.31. The van der Waals surface area contributed by atoms with Gasteiger partial charge in [-0.05, 0) is 48.0 Å². The van der Waals surface area contributed by atoms with Crippen LogP contribution in [0.3, 0.4) is 0 Å². The third-order valence-electron chi connectivity index (χ3n) is 7.81. The molecule has 6 aromatic rings. The molecule has 0 spiro atoms. The maximum atomic E-state index is 14.3.